The highest BCUT2D eigenvalue weighted by atomic mass is 16.2. The highest BCUT2D eigenvalue weighted by Gasteiger charge is 2.26. The largest absolute Gasteiger partial charge is 0.382 e. The van der Waals surface area contributed by atoms with Crippen LogP contribution in [0.5, 0.6) is 0 Å². The van der Waals surface area contributed by atoms with Crippen LogP contribution < -0.4 is 10.2 Å². The van der Waals surface area contributed by atoms with Crippen LogP contribution in [0.25, 0.3) is 0 Å². The summed E-state index contributed by atoms with van der Waals surface area (Å²) in [6.45, 7) is 4.59. The molecule has 0 radical (unpaired) electrons. The summed E-state index contributed by atoms with van der Waals surface area (Å²) in [4.78, 5) is 16.9. The average molecular weight is 301 g/mol. The zero-order chi connectivity index (χ0) is 15.5. The molecule has 1 aromatic carbocycles. The second-order valence-corrected chi connectivity index (χ2v) is 6.78. The van der Waals surface area contributed by atoms with Crippen LogP contribution in [0.3, 0.4) is 0 Å². The minimum atomic E-state index is 0.247. The molecule has 2 aliphatic rings. The third kappa shape index (κ3) is 3.21. The van der Waals surface area contributed by atoms with Gasteiger partial charge in [0.25, 0.3) is 0 Å². The number of carbonyl (C=O) groups excluding carboxylic acids is 1. The Hall–Kier alpha value is -1.71. The van der Waals surface area contributed by atoms with Crippen LogP contribution in [0.15, 0.2) is 24.3 Å². The molecule has 0 unspecified atom stereocenters. The maximum absolute atomic E-state index is 12.7. The van der Waals surface area contributed by atoms with Gasteiger partial charge >= 0.3 is 0 Å². The highest BCUT2D eigenvalue weighted by Crippen LogP contribution is 2.29. The molecule has 120 valence electrons. The number of carbonyl (C=O) groups is 1. The van der Waals surface area contributed by atoms with E-state index in [9.17, 15) is 4.79 Å². The van der Waals surface area contributed by atoms with E-state index in [4.69, 9.17) is 0 Å². The van der Waals surface area contributed by atoms with Gasteiger partial charge in [-0.1, -0.05) is 19.1 Å². The first-order valence-electron chi connectivity index (χ1n) is 8.48. The Balaban J connectivity index is 1.62. The van der Waals surface area contributed by atoms with Gasteiger partial charge in [-0.25, -0.2) is 0 Å². The molecule has 0 aromatic heterocycles. The van der Waals surface area contributed by atoms with Gasteiger partial charge in [-0.2, -0.15) is 0 Å². The van der Waals surface area contributed by atoms with Gasteiger partial charge in [0.15, 0.2) is 0 Å². The molecule has 1 heterocycles. The molecular weight excluding hydrogens is 274 g/mol. The summed E-state index contributed by atoms with van der Waals surface area (Å²) in [6, 6.07) is 8.68. The monoisotopic (exact) mass is 301 g/mol. The van der Waals surface area contributed by atoms with E-state index >= 15 is 0 Å². The molecule has 0 saturated heterocycles. The van der Waals surface area contributed by atoms with E-state index in [0.29, 0.717) is 12.6 Å². The molecule has 22 heavy (non-hydrogen) atoms. The van der Waals surface area contributed by atoms with E-state index in [1.807, 2.05) is 24.1 Å². The molecule has 1 aliphatic heterocycles. The molecule has 1 aromatic rings. The number of hydrogen-bond acceptors (Lipinski definition) is 3. The zero-order valence-electron chi connectivity index (χ0n) is 13.7. The number of rotatable bonds is 3. The van der Waals surface area contributed by atoms with Crippen molar-refractivity contribution in [3.63, 3.8) is 0 Å². The number of amides is 1. The predicted octanol–water partition coefficient (Wildman–Crippen LogP) is 2.96. The maximum Gasteiger partial charge on any atom is 0.242 e. The topological polar surface area (TPSA) is 35.6 Å². The van der Waals surface area contributed by atoms with Gasteiger partial charge in [0, 0.05) is 26.2 Å². The van der Waals surface area contributed by atoms with Crippen LogP contribution >= 0.6 is 0 Å². The van der Waals surface area contributed by atoms with Crippen molar-refractivity contribution in [3.05, 3.63) is 24.3 Å². The molecular formula is C18H27N3O. The summed E-state index contributed by atoms with van der Waals surface area (Å²) in [6.07, 6.45) is 4.81. The Morgan fingerprint density at radius 1 is 1.27 bits per heavy atom. The van der Waals surface area contributed by atoms with Gasteiger partial charge in [0.05, 0.1) is 17.9 Å². The molecule has 0 atom stereocenters. The second kappa shape index (κ2) is 6.59. The lowest BCUT2D eigenvalue weighted by molar-refractivity contribution is -0.131. The van der Waals surface area contributed by atoms with Crippen molar-refractivity contribution < 1.29 is 4.79 Å². The van der Waals surface area contributed by atoms with Crippen molar-refractivity contribution in [2.45, 2.75) is 38.6 Å². The van der Waals surface area contributed by atoms with Crippen molar-refractivity contribution >= 4 is 17.3 Å². The number of benzene rings is 1. The highest BCUT2D eigenvalue weighted by molar-refractivity contribution is 5.84. The Morgan fingerprint density at radius 2 is 2.00 bits per heavy atom. The fraction of sp³-hybridized carbons (Fsp3) is 0.611. The summed E-state index contributed by atoms with van der Waals surface area (Å²) in [7, 11) is 1.98. The van der Waals surface area contributed by atoms with E-state index in [1.165, 1.54) is 12.8 Å². The number of fused-ring (bicyclic) bond motifs is 1. The number of hydrogen-bond donors (Lipinski definition) is 1. The first-order valence-corrected chi connectivity index (χ1v) is 8.48. The molecule has 0 spiro atoms. The van der Waals surface area contributed by atoms with Crippen molar-refractivity contribution in [1.82, 2.24) is 4.90 Å². The molecule has 3 rings (SSSR count). The third-order valence-corrected chi connectivity index (χ3v) is 5.19. The van der Waals surface area contributed by atoms with Crippen LogP contribution in [-0.4, -0.2) is 43.5 Å². The van der Waals surface area contributed by atoms with Gasteiger partial charge < -0.3 is 15.1 Å². The minimum absolute atomic E-state index is 0.247. The summed E-state index contributed by atoms with van der Waals surface area (Å²) in [5, 5.41) is 3.40. The minimum Gasteiger partial charge on any atom is -0.382 e. The number of likely N-dealkylation sites (N-methyl/N-ethyl adjacent to an activating group) is 1. The van der Waals surface area contributed by atoms with E-state index in [-0.39, 0.29) is 5.91 Å². The van der Waals surface area contributed by atoms with Crippen LogP contribution in [0.2, 0.25) is 0 Å². The van der Waals surface area contributed by atoms with Gasteiger partial charge in [-0.3, -0.25) is 4.79 Å². The quantitative estimate of drug-likeness (QED) is 0.932. The number of nitrogens with one attached hydrogen (secondary N) is 1. The first kappa shape index (κ1) is 15.2. The molecule has 1 fully saturated rings. The Labute approximate surface area is 133 Å². The van der Waals surface area contributed by atoms with E-state index in [1.54, 1.807) is 0 Å². The molecule has 1 aliphatic carbocycles. The van der Waals surface area contributed by atoms with Crippen molar-refractivity contribution in [1.29, 1.82) is 0 Å². The lowest BCUT2D eigenvalue weighted by Crippen LogP contribution is -2.46. The molecule has 0 bridgehead atoms. The van der Waals surface area contributed by atoms with Gasteiger partial charge in [0.1, 0.15) is 0 Å². The molecule has 4 nitrogen and oxygen atoms in total. The summed E-state index contributed by atoms with van der Waals surface area (Å²) >= 11 is 0. The molecule has 1 amide bonds. The third-order valence-electron chi connectivity index (χ3n) is 5.19. The number of nitrogens with zero attached hydrogens (tertiary/aromatic N) is 2. The zero-order valence-corrected chi connectivity index (χ0v) is 13.7. The van der Waals surface area contributed by atoms with E-state index in [2.05, 4.69) is 29.3 Å². The first-order chi connectivity index (χ1) is 10.6. The second-order valence-electron chi connectivity index (χ2n) is 6.78. The predicted molar refractivity (Wildman–Crippen MR) is 91.3 cm³/mol. The van der Waals surface area contributed by atoms with Crippen LogP contribution in [0, 0.1) is 5.92 Å². The Morgan fingerprint density at radius 3 is 2.77 bits per heavy atom. The van der Waals surface area contributed by atoms with Crippen LogP contribution in [0.1, 0.15) is 32.6 Å². The molecule has 1 N–H and O–H groups in total. The lowest BCUT2D eigenvalue weighted by atomic mass is 9.87. The van der Waals surface area contributed by atoms with Crippen molar-refractivity contribution in [2.24, 2.45) is 5.92 Å². The summed E-state index contributed by atoms with van der Waals surface area (Å²) < 4.78 is 0. The fourth-order valence-corrected chi connectivity index (χ4v) is 3.62. The summed E-state index contributed by atoms with van der Waals surface area (Å²) in [5.41, 5.74) is 2.28. The number of para-hydroxylation sites is 2. The van der Waals surface area contributed by atoms with Crippen LogP contribution in [-0.2, 0) is 4.79 Å². The standard InChI is InChI=1S/C18H27N3O/c1-14-7-9-15(10-8-14)20(2)18(22)13-21-12-11-19-16-5-3-4-6-17(16)21/h3-6,14-15,19H,7-13H2,1-2H3. The van der Waals surface area contributed by atoms with Gasteiger partial charge in [0.2, 0.25) is 5.91 Å². The molecule has 1 saturated carbocycles. The smallest absolute Gasteiger partial charge is 0.242 e. The summed E-state index contributed by atoms with van der Waals surface area (Å²) in [5.74, 6) is 1.07. The van der Waals surface area contributed by atoms with Crippen LogP contribution in [0.4, 0.5) is 11.4 Å². The number of anilines is 2. The SMILES string of the molecule is CC1CCC(N(C)C(=O)CN2CCNc3ccccc32)CC1. The molecule has 4 heteroatoms. The lowest BCUT2D eigenvalue weighted by Gasteiger charge is -2.36. The Bertz CT molecular complexity index is 523. The van der Waals surface area contributed by atoms with E-state index in [0.717, 1.165) is 43.2 Å². The maximum atomic E-state index is 12.7. The van der Waals surface area contributed by atoms with Crippen molar-refractivity contribution in [3.8, 4) is 0 Å². The van der Waals surface area contributed by atoms with E-state index < -0.39 is 0 Å². The average Bonchev–Trinajstić information content (AvgIpc) is 2.55. The fourth-order valence-electron chi connectivity index (χ4n) is 3.62. The van der Waals surface area contributed by atoms with Crippen molar-refractivity contribution in [2.75, 3.05) is 36.9 Å². The normalized spacial score (nSPS) is 24.4. The van der Waals surface area contributed by atoms with Gasteiger partial charge in [-0.05, 0) is 43.7 Å². The van der Waals surface area contributed by atoms with Gasteiger partial charge in [-0.15, -0.1) is 0 Å². The Kier molecular flexibility index (Phi) is 4.55.